The summed E-state index contributed by atoms with van der Waals surface area (Å²) >= 11 is 0. The Bertz CT molecular complexity index is 471. The Balaban J connectivity index is 1.81. The van der Waals surface area contributed by atoms with Gasteiger partial charge in [0, 0.05) is 44.0 Å². The van der Waals surface area contributed by atoms with Crippen molar-refractivity contribution in [2.75, 3.05) is 51.3 Å². The summed E-state index contributed by atoms with van der Waals surface area (Å²) in [5.74, 6) is -0.00518. The molecular weight excluding hydrogens is 266 g/mol. The predicted octanol–water partition coefficient (Wildman–Crippen LogP) is 1.49. The summed E-state index contributed by atoms with van der Waals surface area (Å²) in [6.45, 7) is 9.99. The third kappa shape index (κ3) is 4.72. The summed E-state index contributed by atoms with van der Waals surface area (Å²) in [7, 11) is 0. The van der Waals surface area contributed by atoms with Crippen LogP contribution in [0.25, 0.3) is 0 Å². The van der Waals surface area contributed by atoms with Crippen LogP contribution in [0.3, 0.4) is 0 Å². The molecule has 0 atom stereocenters. The molecule has 1 aromatic rings. The minimum absolute atomic E-state index is 0.00518. The molecule has 21 heavy (non-hydrogen) atoms. The van der Waals surface area contributed by atoms with Gasteiger partial charge in [0.25, 0.3) is 5.91 Å². The van der Waals surface area contributed by atoms with Gasteiger partial charge in [-0.2, -0.15) is 0 Å². The fourth-order valence-corrected chi connectivity index (χ4v) is 2.45. The fourth-order valence-electron chi connectivity index (χ4n) is 2.45. The van der Waals surface area contributed by atoms with E-state index in [1.165, 1.54) is 0 Å². The zero-order chi connectivity index (χ0) is 15.1. The maximum atomic E-state index is 12.1. The van der Waals surface area contributed by atoms with Gasteiger partial charge in [0.1, 0.15) is 0 Å². The number of ether oxygens (including phenoxy) is 1. The Morgan fingerprint density at radius 1 is 1.33 bits per heavy atom. The van der Waals surface area contributed by atoms with Crippen LogP contribution in [-0.4, -0.2) is 56.7 Å². The third-order valence-electron chi connectivity index (χ3n) is 3.67. The molecule has 116 valence electrons. The standard InChI is InChI=1S/C16H25N3O2/c1-3-17-15-5-4-14(12-13(15)2)16(20)18-6-7-19-8-10-21-11-9-19/h4-5,12,17H,3,6-11H2,1-2H3,(H,18,20). The molecule has 1 saturated heterocycles. The molecule has 5 nitrogen and oxygen atoms in total. The van der Waals surface area contributed by atoms with Crippen molar-refractivity contribution >= 4 is 11.6 Å². The number of amides is 1. The maximum Gasteiger partial charge on any atom is 0.251 e. The number of morpholine rings is 1. The average Bonchev–Trinajstić information content (AvgIpc) is 2.50. The van der Waals surface area contributed by atoms with Crippen molar-refractivity contribution in [1.82, 2.24) is 10.2 Å². The van der Waals surface area contributed by atoms with Crippen LogP contribution in [-0.2, 0) is 4.74 Å². The molecule has 0 spiro atoms. The number of rotatable bonds is 6. The van der Waals surface area contributed by atoms with Crippen molar-refractivity contribution in [1.29, 1.82) is 0 Å². The first-order chi connectivity index (χ1) is 10.2. The topological polar surface area (TPSA) is 53.6 Å². The Kier molecular flexibility index (Phi) is 6.02. The average molecular weight is 291 g/mol. The summed E-state index contributed by atoms with van der Waals surface area (Å²) in [6.07, 6.45) is 0. The van der Waals surface area contributed by atoms with E-state index in [-0.39, 0.29) is 5.91 Å². The molecule has 0 unspecified atom stereocenters. The van der Waals surface area contributed by atoms with Gasteiger partial charge in [-0.25, -0.2) is 0 Å². The van der Waals surface area contributed by atoms with E-state index in [2.05, 4.69) is 22.5 Å². The first-order valence-corrected chi connectivity index (χ1v) is 7.63. The first-order valence-electron chi connectivity index (χ1n) is 7.63. The predicted molar refractivity (Wildman–Crippen MR) is 84.9 cm³/mol. The second kappa shape index (κ2) is 8.00. The van der Waals surface area contributed by atoms with Gasteiger partial charge in [-0.15, -0.1) is 0 Å². The highest BCUT2D eigenvalue weighted by Crippen LogP contribution is 2.16. The van der Waals surface area contributed by atoms with Crippen LogP contribution in [0.4, 0.5) is 5.69 Å². The minimum atomic E-state index is -0.00518. The van der Waals surface area contributed by atoms with Crippen molar-refractivity contribution in [3.63, 3.8) is 0 Å². The van der Waals surface area contributed by atoms with Crippen molar-refractivity contribution in [3.05, 3.63) is 29.3 Å². The normalized spacial score (nSPS) is 15.7. The highest BCUT2D eigenvalue weighted by Gasteiger charge is 2.11. The number of nitrogens with zero attached hydrogens (tertiary/aromatic N) is 1. The van der Waals surface area contributed by atoms with Gasteiger partial charge in [0.2, 0.25) is 0 Å². The van der Waals surface area contributed by atoms with Crippen molar-refractivity contribution in [2.24, 2.45) is 0 Å². The van der Waals surface area contributed by atoms with E-state index in [0.29, 0.717) is 6.54 Å². The van der Waals surface area contributed by atoms with Crippen molar-refractivity contribution in [3.8, 4) is 0 Å². The summed E-state index contributed by atoms with van der Waals surface area (Å²) in [6, 6.07) is 5.77. The van der Waals surface area contributed by atoms with Crippen molar-refractivity contribution in [2.45, 2.75) is 13.8 Å². The molecule has 0 aliphatic carbocycles. The molecule has 2 N–H and O–H groups in total. The number of benzene rings is 1. The smallest absolute Gasteiger partial charge is 0.251 e. The van der Waals surface area contributed by atoms with Crippen LogP contribution >= 0.6 is 0 Å². The molecule has 1 aliphatic rings. The van der Waals surface area contributed by atoms with E-state index < -0.39 is 0 Å². The first kappa shape index (κ1) is 15.8. The monoisotopic (exact) mass is 291 g/mol. The van der Waals surface area contributed by atoms with Crippen LogP contribution < -0.4 is 10.6 Å². The van der Waals surface area contributed by atoms with E-state index in [4.69, 9.17) is 4.74 Å². The summed E-state index contributed by atoms with van der Waals surface area (Å²) in [5.41, 5.74) is 2.90. The van der Waals surface area contributed by atoms with Crippen molar-refractivity contribution < 1.29 is 9.53 Å². The molecule has 1 amide bonds. The highest BCUT2D eigenvalue weighted by molar-refractivity contribution is 5.94. The molecule has 1 heterocycles. The molecule has 5 heteroatoms. The van der Waals surface area contributed by atoms with E-state index >= 15 is 0 Å². The summed E-state index contributed by atoms with van der Waals surface area (Å²) in [4.78, 5) is 14.4. The number of carbonyl (C=O) groups is 1. The van der Waals surface area contributed by atoms with E-state index in [1.807, 2.05) is 25.1 Å². The Morgan fingerprint density at radius 2 is 2.10 bits per heavy atom. The Morgan fingerprint density at radius 3 is 2.76 bits per heavy atom. The van der Waals surface area contributed by atoms with Gasteiger partial charge in [0.05, 0.1) is 13.2 Å². The van der Waals surface area contributed by atoms with Crippen LogP contribution in [0.1, 0.15) is 22.8 Å². The molecule has 0 aromatic heterocycles. The lowest BCUT2D eigenvalue weighted by molar-refractivity contribution is 0.0383. The van der Waals surface area contributed by atoms with Gasteiger partial charge in [0.15, 0.2) is 0 Å². The highest BCUT2D eigenvalue weighted by atomic mass is 16.5. The van der Waals surface area contributed by atoms with Gasteiger partial charge in [-0.05, 0) is 37.6 Å². The number of nitrogens with one attached hydrogen (secondary N) is 2. The number of hydrogen-bond acceptors (Lipinski definition) is 4. The van der Waals surface area contributed by atoms with E-state index in [1.54, 1.807) is 0 Å². The molecule has 0 saturated carbocycles. The van der Waals surface area contributed by atoms with E-state index in [0.717, 1.165) is 56.2 Å². The Labute approximate surface area is 126 Å². The third-order valence-corrected chi connectivity index (χ3v) is 3.67. The zero-order valence-electron chi connectivity index (χ0n) is 12.9. The van der Waals surface area contributed by atoms with Gasteiger partial charge in [-0.1, -0.05) is 0 Å². The molecular formula is C16H25N3O2. The van der Waals surface area contributed by atoms with Crippen LogP contribution in [0.15, 0.2) is 18.2 Å². The second-order valence-corrected chi connectivity index (χ2v) is 5.27. The summed E-state index contributed by atoms with van der Waals surface area (Å²) < 4.78 is 5.31. The van der Waals surface area contributed by atoms with E-state index in [9.17, 15) is 4.79 Å². The minimum Gasteiger partial charge on any atom is -0.385 e. The zero-order valence-corrected chi connectivity index (χ0v) is 12.9. The quantitative estimate of drug-likeness (QED) is 0.834. The lowest BCUT2D eigenvalue weighted by atomic mass is 10.1. The van der Waals surface area contributed by atoms with Crippen LogP contribution in [0.5, 0.6) is 0 Å². The Hall–Kier alpha value is -1.59. The summed E-state index contributed by atoms with van der Waals surface area (Å²) in [5, 5.41) is 6.26. The molecule has 1 aromatic carbocycles. The number of carbonyl (C=O) groups excluding carboxylic acids is 1. The van der Waals surface area contributed by atoms with Crippen LogP contribution in [0, 0.1) is 6.92 Å². The number of hydrogen-bond donors (Lipinski definition) is 2. The fraction of sp³-hybridized carbons (Fsp3) is 0.562. The van der Waals surface area contributed by atoms with Gasteiger partial charge in [-0.3, -0.25) is 9.69 Å². The van der Waals surface area contributed by atoms with Gasteiger partial charge < -0.3 is 15.4 Å². The number of aryl methyl sites for hydroxylation is 1. The molecule has 0 radical (unpaired) electrons. The van der Waals surface area contributed by atoms with Crippen LogP contribution in [0.2, 0.25) is 0 Å². The lowest BCUT2D eigenvalue weighted by Crippen LogP contribution is -2.41. The second-order valence-electron chi connectivity index (χ2n) is 5.27. The SMILES string of the molecule is CCNc1ccc(C(=O)NCCN2CCOCC2)cc1C. The maximum absolute atomic E-state index is 12.1. The van der Waals surface area contributed by atoms with Gasteiger partial charge >= 0.3 is 0 Å². The molecule has 0 bridgehead atoms. The molecule has 2 rings (SSSR count). The largest absolute Gasteiger partial charge is 0.385 e. The molecule has 1 aliphatic heterocycles. The number of anilines is 1. The molecule has 1 fully saturated rings. The lowest BCUT2D eigenvalue weighted by Gasteiger charge is -2.26.